The maximum Gasteiger partial charge on any atom is 0.342 e. The lowest BCUT2D eigenvalue weighted by Gasteiger charge is -2.02. The van der Waals surface area contributed by atoms with Crippen LogP contribution < -0.4 is 0 Å². The first-order valence-corrected chi connectivity index (χ1v) is 6.78. The molecule has 3 heteroatoms. The molecule has 0 spiro atoms. The average molecular weight is 319 g/mol. The predicted octanol–water partition coefficient (Wildman–Crippen LogP) is 3.96. The lowest BCUT2D eigenvalue weighted by Crippen LogP contribution is -2.07. The lowest BCUT2D eigenvalue weighted by molar-refractivity contribution is -0.137. The third-order valence-corrected chi connectivity index (χ3v) is 2.84. The van der Waals surface area contributed by atoms with Crippen molar-refractivity contribution in [2.75, 3.05) is 6.61 Å². The quantitative estimate of drug-likeness (QED) is 0.355. The van der Waals surface area contributed by atoms with Crippen molar-refractivity contribution in [3.63, 3.8) is 0 Å². The van der Waals surface area contributed by atoms with Crippen molar-refractivity contribution in [3.05, 3.63) is 45.6 Å². The van der Waals surface area contributed by atoms with E-state index >= 15 is 0 Å². The first-order valence-electron chi connectivity index (χ1n) is 5.99. The zero-order valence-electron chi connectivity index (χ0n) is 10.8. The number of terminal acetylenes is 1. The topological polar surface area (TPSA) is 26.3 Å². The Hall–Kier alpha value is -1.75. The molecule has 0 amide bonds. The number of carbonyl (C=O) groups is 1. The van der Waals surface area contributed by atoms with Crippen LogP contribution in [0.25, 0.3) is 6.08 Å². The number of esters is 1. The number of ether oxygens (including phenoxy) is 1. The molecule has 0 radical (unpaired) electrons. The Balaban J connectivity index is 2.91. The molecule has 0 heterocycles. The Morgan fingerprint density at radius 2 is 2.11 bits per heavy atom. The molecule has 1 aromatic carbocycles. The second-order valence-corrected chi connectivity index (χ2v) is 4.76. The molecule has 2 nitrogen and oxygen atoms in total. The van der Waals surface area contributed by atoms with Crippen molar-refractivity contribution in [2.24, 2.45) is 0 Å². The number of rotatable bonds is 5. The van der Waals surface area contributed by atoms with E-state index in [1.807, 2.05) is 31.2 Å². The van der Waals surface area contributed by atoms with Crippen LogP contribution in [0.3, 0.4) is 0 Å². The van der Waals surface area contributed by atoms with Gasteiger partial charge < -0.3 is 4.74 Å². The summed E-state index contributed by atoms with van der Waals surface area (Å²) in [5.41, 5.74) is 4.49. The molecule has 0 atom stereocenters. The van der Waals surface area contributed by atoms with E-state index in [1.165, 1.54) is 0 Å². The van der Waals surface area contributed by atoms with E-state index in [4.69, 9.17) is 11.2 Å². The zero-order valence-corrected chi connectivity index (χ0v) is 12.4. The molecule has 19 heavy (non-hydrogen) atoms. The smallest absolute Gasteiger partial charge is 0.342 e. The highest BCUT2D eigenvalue weighted by Gasteiger charge is 2.08. The van der Waals surface area contributed by atoms with Crippen LogP contribution in [-0.2, 0) is 9.53 Å². The van der Waals surface area contributed by atoms with E-state index in [2.05, 4.69) is 27.6 Å². The molecule has 0 N–H and O–H groups in total. The second kappa shape index (κ2) is 8.37. The highest BCUT2D eigenvalue weighted by molar-refractivity contribution is 9.10. The van der Waals surface area contributed by atoms with Crippen LogP contribution >= 0.6 is 15.9 Å². The summed E-state index contributed by atoms with van der Waals surface area (Å²) in [6, 6.07) is 7.74. The van der Waals surface area contributed by atoms with E-state index in [0.717, 1.165) is 16.5 Å². The zero-order chi connectivity index (χ0) is 14.1. The van der Waals surface area contributed by atoms with Crippen molar-refractivity contribution < 1.29 is 9.53 Å². The number of hydrogen-bond donors (Lipinski definition) is 0. The SMILES string of the molecule is C#CCOC(=O)C(=C=Cc1ccc(Br)cc1)CCC. The summed E-state index contributed by atoms with van der Waals surface area (Å²) >= 11 is 3.37. The predicted molar refractivity (Wildman–Crippen MR) is 80.3 cm³/mol. The fraction of sp³-hybridized carbons (Fsp3) is 0.250. The van der Waals surface area contributed by atoms with Crippen LogP contribution in [-0.4, -0.2) is 12.6 Å². The summed E-state index contributed by atoms with van der Waals surface area (Å²) < 4.78 is 5.92. The van der Waals surface area contributed by atoms with Crippen LogP contribution in [0, 0.1) is 12.3 Å². The van der Waals surface area contributed by atoms with E-state index in [9.17, 15) is 4.79 Å². The third-order valence-electron chi connectivity index (χ3n) is 2.32. The Morgan fingerprint density at radius 1 is 1.42 bits per heavy atom. The molecule has 0 saturated carbocycles. The molecule has 0 saturated heterocycles. The van der Waals surface area contributed by atoms with Crippen molar-refractivity contribution in [1.29, 1.82) is 0 Å². The minimum atomic E-state index is -0.395. The largest absolute Gasteiger partial charge is 0.449 e. The normalized spacial score (nSPS) is 9.11. The maximum atomic E-state index is 11.7. The van der Waals surface area contributed by atoms with Crippen molar-refractivity contribution in [2.45, 2.75) is 19.8 Å². The minimum Gasteiger partial charge on any atom is -0.449 e. The summed E-state index contributed by atoms with van der Waals surface area (Å²) in [6.07, 6.45) is 8.30. The van der Waals surface area contributed by atoms with Gasteiger partial charge in [0.05, 0.1) is 5.57 Å². The molecule has 0 aromatic heterocycles. The number of carbonyl (C=O) groups excluding carboxylic acids is 1. The first-order chi connectivity index (χ1) is 9.17. The standard InChI is InChI=1S/C16H15BrO2/c1-3-5-14(16(18)19-12-4-2)9-6-13-7-10-15(17)11-8-13/h2,6-8,10-11H,3,5,12H2,1H3. The van der Waals surface area contributed by atoms with E-state index in [0.29, 0.717) is 12.0 Å². The Kier molecular flexibility index (Phi) is 6.74. The molecule has 0 bridgehead atoms. The number of halogens is 1. The summed E-state index contributed by atoms with van der Waals surface area (Å²) in [6.45, 7) is 1.99. The molecule has 98 valence electrons. The fourth-order valence-corrected chi connectivity index (χ4v) is 1.67. The second-order valence-electron chi connectivity index (χ2n) is 3.85. The van der Waals surface area contributed by atoms with Gasteiger partial charge in [0.15, 0.2) is 6.61 Å². The van der Waals surface area contributed by atoms with Gasteiger partial charge >= 0.3 is 5.97 Å². The molecular formula is C16H15BrO2. The highest BCUT2D eigenvalue weighted by Crippen LogP contribution is 2.12. The monoisotopic (exact) mass is 318 g/mol. The van der Waals surface area contributed by atoms with Gasteiger partial charge in [0.1, 0.15) is 0 Å². The van der Waals surface area contributed by atoms with Gasteiger partial charge in [-0.25, -0.2) is 4.79 Å². The molecule has 0 aliphatic rings. The van der Waals surface area contributed by atoms with Crippen molar-refractivity contribution in [3.8, 4) is 12.3 Å². The van der Waals surface area contributed by atoms with Gasteiger partial charge in [0.25, 0.3) is 0 Å². The summed E-state index contributed by atoms with van der Waals surface area (Å²) in [5.74, 6) is 1.88. The third kappa shape index (κ3) is 5.61. The summed E-state index contributed by atoms with van der Waals surface area (Å²) in [7, 11) is 0. The van der Waals surface area contributed by atoms with Crippen LogP contribution in [0.1, 0.15) is 25.3 Å². The van der Waals surface area contributed by atoms with Gasteiger partial charge in [-0.3, -0.25) is 0 Å². The van der Waals surface area contributed by atoms with Crippen LogP contribution in [0.15, 0.2) is 40.0 Å². The molecule has 1 aromatic rings. The van der Waals surface area contributed by atoms with Crippen molar-refractivity contribution in [1.82, 2.24) is 0 Å². The van der Waals surface area contributed by atoms with E-state index < -0.39 is 5.97 Å². The lowest BCUT2D eigenvalue weighted by atomic mass is 10.1. The van der Waals surface area contributed by atoms with Crippen LogP contribution in [0.4, 0.5) is 0 Å². The molecular weight excluding hydrogens is 304 g/mol. The van der Waals surface area contributed by atoms with Gasteiger partial charge in [0, 0.05) is 4.47 Å². The molecule has 0 aliphatic carbocycles. The molecule has 1 rings (SSSR count). The van der Waals surface area contributed by atoms with Crippen LogP contribution in [0.2, 0.25) is 0 Å². The van der Waals surface area contributed by atoms with Gasteiger partial charge in [-0.05, 0) is 30.2 Å². The molecule has 0 fully saturated rings. The molecule has 0 aliphatic heterocycles. The van der Waals surface area contributed by atoms with Gasteiger partial charge in [-0.15, -0.1) is 12.2 Å². The van der Waals surface area contributed by atoms with Crippen molar-refractivity contribution >= 4 is 28.0 Å². The number of benzene rings is 1. The van der Waals surface area contributed by atoms with Gasteiger partial charge in [-0.1, -0.05) is 47.3 Å². The van der Waals surface area contributed by atoms with E-state index in [1.54, 1.807) is 6.08 Å². The Labute approximate surface area is 122 Å². The van der Waals surface area contributed by atoms with Gasteiger partial charge in [0.2, 0.25) is 0 Å². The summed E-state index contributed by atoms with van der Waals surface area (Å²) in [5, 5.41) is 0. The maximum absolute atomic E-state index is 11.7. The average Bonchev–Trinajstić information content (AvgIpc) is 2.42. The number of hydrogen-bond acceptors (Lipinski definition) is 2. The van der Waals surface area contributed by atoms with Crippen LogP contribution in [0.5, 0.6) is 0 Å². The van der Waals surface area contributed by atoms with Gasteiger partial charge in [-0.2, -0.15) is 0 Å². The Bertz CT molecular complexity index is 529. The Morgan fingerprint density at radius 3 is 2.68 bits per heavy atom. The molecule has 0 unspecified atom stereocenters. The summed E-state index contributed by atoms with van der Waals surface area (Å²) in [4.78, 5) is 11.7. The van der Waals surface area contributed by atoms with E-state index in [-0.39, 0.29) is 6.61 Å². The fourth-order valence-electron chi connectivity index (χ4n) is 1.41. The first kappa shape index (κ1) is 15.3. The highest BCUT2D eigenvalue weighted by atomic mass is 79.9. The minimum absolute atomic E-state index is 0.00793.